The molecule has 1 aromatic heterocycles. The van der Waals surface area contributed by atoms with Crippen LogP contribution in [0.2, 0.25) is 0 Å². The fourth-order valence-electron chi connectivity index (χ4n) is 4.31. The third-order valence-electron chi connectivity index (χ3n) is 5.42. The first-order valence-electron chi connectivity index (χ1n) is 8.92. The zero-order chi connectivity index (χ0) is 18.9. The van der Waals surface area contributed by atoms with Gasteiger partial charge < -0.3 is 14.5 Å². The Kier molecular flexibility index (Phi) is 5.43. The summed E-state index contributed by atoms with van der Waals surface area (Å²) in [6.07, 6.45) is 3.96. The highest BCUT2D eigenvalue weighted by Crippen LogP contribution is 2.46. The molecule has 0 unspecified atom stereocenters. The molecule has 2 aliphatic rings. The van der Waals surface area contributed by atoms with E-state index in [0.717, 1.165) is 0 Å². The van der Waals surface area contributed by atoms with Gasteiger partial charge in [0.05, 0.1) is 12.9 Å². The number of quaternary nitrogens is 1. The Morgan fingerprint density at radius 3 is 2.73 bits per heavy atom. The maximum Gasteiger partial charge on any atom is 0.368 e. The molecule has 8 heteroatoms. The number of likely N-dealkylation sites (tertiary alicyclic amines) is 1. The molecule has 3 heterocycles. The van der Waals surface area contributed by atoms with Gasteiger partial charge in [0, 0.05) is 13.0 Å². The van der Waals surface area contributed by atoms with Gasteiger partial charge in [0.25, 0.3) is 0 Å². The zero-order valence-electron chi connectivity index (χ0n) is 15.3. The molecule has 0 spiro atoms. The van der Waals surface area contributed by atoms with Crippen molar-refractivity contribution in [1.29, 1.82) is 0 Å². The highest BCUT2D eigenvalue weighted by molar-refractivity contribution is 7.98. The van der Waals surface area contributed by atoms with E-state index in [1.54, 1.807) is 44.0 Å². The van der Waals surface area contributed by atoms with Crippen molar-refractivity contribution < 1.29 is 28.9 Å². The van der Waals surface area contributed by atoms with Gasteiger partial charge in [0.1, 0.15) is 11.8 Å². The number of esters is 1. The highest BCUT2D eigenvalue weighted by atomic mass is 32.2. The monoisotopic (exact) mass is 381 g/mol. The highest BCUT2D eigenvalue weighted by Gasteiger charge is 2.72. The fourth-order valence-corrected chi connectivity index (χ4v) is 4.85. The van der Waals surface area contributed by atoms with Gasteiger partial charge in [-0.25, -0.2) is 4.79 Å². The van der Waals surface area contributed by atoms with Crippen LogP contribution in [0.4, 0.5) is 0 Å². The second kappa shape index (κ2) is 7.44. The predicted octanol–water partition coefficient (Wildman–Crippen LogP) is 0.574. The van der Waals surface area contributed by atoms with E-state index in [4.69, 9.17) is 9.15 Å². The Hall–Kier alpha value is -1.80. The summed E-state index contributed by atoms with van der Waals surface area (Å²) in [5.74, 6) is -0.961. The molecule has 2 saturated heterocycles. The molecule has 26 heavy (non-hydrogen) atoms. The van der Waals surface area contributed by atoms with E-state index < -0.39 is 29.4 Å². The van der Waals surface area contributed by atoms with Crippen LogP contribution in [0.25, 0.3) is 0 Å². The van der Waals surface area contributed by atoms with Crippen LogP contribution in [-0.2, 0) is 19.1 Å². The van der Waals surface area contributed by atoms with Crippen LogP contribution in [0.15, 0.2) is 22.8 Å². The first kappa shape index (κ1) is 19.0. The lowest BCUT2D eigenvalue weighted by Crippen LogP contribution is -2.98. The Morgan fingerprint density at radius 2 is 2.15 bits per heavy atom. The lowest BCUT2D eigenvalue weighted by Gasteiger charge is -2.29. The van der Waals surface area contributed by atoms with Crippen LogP contribution in [0.1, 0.15) is 32.1 Å². The van der Waals surface area contributed by atoms with E-state index in [1.165, 1.54) is 4.90 Å². The number of carbonyl (C=O) groups is 3. The topological polar surface area (TPSA) is 93.4 Å². The number of hydrogen-bond acceptors (Lipinski definition) is 6. The molecule has 2 fully saturated rings. The van der Waals surface area contributed by atoms with Crippen LogP contribution in [0.3, 0.4) is 0 Å². The molecular weight excluding hydrogens is 356 g/mol. The summed E-state index contributed by atoms with van der Waals surface area (Å²) in [5.41, 5.74) is -1.10. The molecule has 7 nitrogen and oxygen atoms in total. The number of rotatable bonds is 7. The number of amides is 2. The van der Waals surface area contributed by atoms with Crippen molar-refractivity contribution in [2.75, 3.05) is 25.2 Å². The Labute approximate surface area is 156 Å². The lowest BCUT2D eigenvalue weighted by atomic mass is 9.78. The minimum absolute atomic E-state index is 0.226. The number of nitrogens with zero attached hydrogens (tertiary/aromatic N) is 1. The zero-order valence-corrected chi connectivity index (χ0v) is 16.1. The minimum atomic E-state index is -1.10. The summed E-state index contributed by atoms with van der Waals surface area (Å²) in [6, 6.07) is 3.14. The maximum absolute atomic E-state index is 13.1. The van der Waals surface area contributed by atoms with Crippen molar-refractivity contribution >= 4 is 29.5 Å². The van der Waals surface area contributed by atoms with Gasteiger partial charge in [0.2, 0.25) is 17.4 Å². The van der Waals surface area contributed by atoms with Crippen LogP contribution in [-0.4, -0.2) is 53.4 Å². The lowest BCUT2D eigenvalue weighted by molar-refractivity contribution is -0.736. The molecule has 0 saturated carbocycles. The van der Waals surface area contributed by atoms with Crippen molar-refractivity contribution in [2.45, 2.75) is 31.8 Å². The number of fused-ring (bicyclic) bond motifs is 1. The Morgan fingerprint density at radius 1 is 1.38 bits per heavy atom. The third kappa shape index (κ3) is 2.75. The first-order valence-corrected chi connectivity index (χ1v) is 10.3. The van der Waals surface area contributed by atoms with Crippen LogP contribution < -0.4 is 5.32 Å². The average molecular weight is 381 g/mol. The molecule has 2 aliphatic heterocycles. The van der Waals surface area contributed by atoms with E-state index >= 15 is 0 Å². The number of nitrogens with two attached hydrogens (primary N) is 1. The van der Waals surface area contributed by atoms with Gasteiger partial charge in [-0.2, -0.15) is 11.8 Å². The molecule has 0 bridgehead atoms. The van der Waals surface area contributed by atoms with Crippen molar-refractivity contribution in [3.63, 3.8) is 0 Å². The second-order valence-electron chi connectivity index (χ2n) is 6.64. The summed E-state index contributed by atoms with van der Waals surface area (Å²) in [6.45, 7) is 4.06. The van der Waals surface area contributed by atoms with Crippen LogP contribution in [0.5, 0.6) is 0 Å². The van der Waals surface area contributed by atoms with Crippen molar-refractivity contribution in [3.05, 3.63) is 24.2 Å². The number of imide groups is 1. The van der Waals surface area contributed by atoms with Crippen molar-refractivity contribution in [2.24, 2.45) is 11.8 Å². The van der Waals surface area contributed by atoms with E-state index in [1.807, 2.05) is 11.6 Å². The number of ether oxygens (including phenoxy) is 1. The van der Waals surface area contributed by atoms with Gasteiger partial charge >= 0.3 is 5.97 Å². The summed E-state index contributed by atoms with van der Waals surface area (Å²) in [5, 5.41) is 1.85. The summed E-state index contributed by atoms with van der Waals surface area (Å²) < 4.78 is 10.9. The maximum atomic E-state index is 13.1. The van der Waals surface area contributed by atoms with Crippen molar-refractivity contribution in [3.8, 4) is 0 Å². The molecule has 1 aromatic rings. The Bertz CT molecular complexity index is 692. The van der Waals surface area contributed by atoms with Gasteiger partial charge in [0.15, 0.2) is 11.8 Å². The smallest absolute Gasteiger partial charge is 0.368 e. The molecule has 3 rings (SSSR count). The second-order valence-corrected chi connectivity index (χ2v) is 7.62. The SMILES string of the molecule is CCOC(=O)[C@]1(CCSC)[NH2+][C@@H](c2ccco2)[C@@H]2C(=O)N(CC)C(=O)[C@H]21. The normalized spacial score (nSPS) is 30.7. The molecule has 0 aliphatic carbocycles. The number of furan rings is 1. The van der Waals surface area contributed by atoms with Crippen LogP contribution in [0, 0.1) is 11.8 Å². The molecule has 4 atom stereocenters. The number of hydrogen-bond donors (Lipinski definition) is 1. The van der Waals surface area contributed by atoms with E-state index in [2.05, 4.69) is 0 Å². The van der Waals surface area contributed by atoms with E-state index in [9.17, 15) is 14.4 Å². The molecular formula is C18H25N2O5S+. The molecule has 0 radical (unpaired) electrons. The quantitative estimate of drug-likeness (QED) is 0.548. The molecule has 142 valence electrons. The van der Waals surface area contributed by atoms with E-state index in [0.29, 0.717) is 24.5 Å². The van der Waals surface area contributed by atoms with Gasteiger partial charge in [-0.05, 0) is 38.0 Å². The molecule has 2 amide bonds. The largest absolute Gasteiger partial charge is 0.463 e. The third-order valence-corrected chi connectivity index (χ3v) is 6.04. The number of carbonyl (C=O) groups excluding carboxylic acids is 3. The average Bonchev–Trinajstić information content (AvgIpc) is 3.31. The van der Waals surface area contributed by atoms with Crippen molar-refractivity contribution in [1.82, 2.24) is 4.90 Å². The summed E-state index contributed by atoms with van der Waals surface area (Å²) in [7, 11) is 0. The van der Waals surface area contributed by atoms with Gasteiger partial charge in [-0.15, -0.1) is 0 Å². The van der Waals surface area contributed by atoms with Gasteiger partial charge in [-0.3, -0.25) is 14.5 Å². The summed E-state index contributed by atoms with van der Waals surface area (Å²) >= 11 is 1.60. The minimum Gasteiger partial charge on any atom is -0.463 e. The standard InChI is InChI=1S/C18H24N2O5S/c1-4-20-15(21)12-13(16(20)22)18(8-10-26-3,17(23)24-5-2)19-14(12)11-7-6-9-25-11/h6-7,9,12-14,19H,4-5,8,10H2,1-3H3/p+1/t12-,13+,14+,18-/m1/s1. The molecule has 0 aromatic carbocycles. The molecule has 2 N–H and O–H groups in total. The summed E-state index contributed by atoms with van der Waals surface area (Å²) in [4.78, 5) is 40.3. The van der Waals surface area contributed by atoms with E-state index in [-0.39, 0.29) is 18.4 Å². The van der Waals surface area contributed by atoms with Gasteiger partial charge in [-0.1, -0.05) is 0 Å². The predicted molar refractivity (Wildman–Crippen MR) is 95.1 cm³/mol. The van der Waals surface area contributed by atoms with Crippen LogP contribution >= 0.6 is 11.8 Å². The number of thioether (sulfide) groups is 1. The fraction of sp³-hybridized carbons (Fsp3) is 0.611. The first-order chi connectivity index (χ1) is 12.5. The Balaban J connectivity index is 2.10.